The normalized spacial score (nSPS) is 18.6. The van der Waals surface area contributed by atoms with Crippen molar-refractivity contribution in [2.45, 2.75) is 64.8 Å². The van der Waals surface area contributed by atoms with Crippen molar-refractivity contribution < 1.29 is 4.79 Å². The van der Waals surface area contributed by atoms with Crippen LogP contribution in [0.15, 0.2) is 0 Å². The molecule has 0 radical (unpaired) electrons. The maximum atomic E-state index is 11.9. The van der Waals surface area contributed by atoms with Gasteiger partial charge in [-0.2, -0.15) is 0 Å². The molecular formula is C14H26N2OS. The molecule has 18 heavy (non-hydrogen) atoms. The Labute approximate surface area is 116 Å². The highest BCUT2D eigenvalue weighted by Gasteiger charge is 2.20. The molecule has 1 rings (SSSR count). The van der Waals surface area contributed by atoms with E-state index < -0.39 is 0 Å². The number of nitrogens with one attached hydrogen (secondary N) is 1. The summed E-state index contributed by atoms with van der Waals surface area (Å²) in [5, 5.41) is 2.95. The van der Waals surface area contributed by atoms with Gasteiger partial charge < -0.3 is 11.1 Å². The van der Waals surface area contributed by atoms with Gasteiger partial charge in [0.2, 0.25) is 5.91 Å². The third-order valence-corrected chi connectivity index (χ3v) is 4.05. The van der Waals surface area contributed by atoms with Crippen LogP contribution in [0.4, 0.5) is 0 Å². The molecular weight excluding hydrogens is 244 g/mol. The van der Waals surface area contributed by atoms with Crippen LogP contribution in [0.3, 0.4) is 0 Å². The van der Waals surface area contributed by atoms with E-state index in [2.05, 4.69) is 5.32 Å². The molecule has 104 valence electrons. The van der Waals surface area contributed by atoms with E-state index in [1.807, 2.05) is 13.8 Å². The quantitative estimate of drug-likeness (QED) is 0.730. The van der Waals surface area contributed by atoms with E-state index in [4.69, 9.17) is 18.0 Å². The van der Waals surface area contributed by atoms with Crippen LogP contribution in [-0.4, -0.2) is 16.9 Å². The number of carbonyl (C=O) groups excluding carboxylic acids is 1. The van der Waals surface area contributed by atoms with Crippen molar-refractivity contribution in [3.63, 3.8) is 0 Å². The Hall–Kier alpha value is -0.640. The second-order valence-corrected chi connectivity index (χ2v) is 6.21. The van der Waals surface area contributed by atoms with Gasteiger partial charge in [-0.3, -0.25) is 4.79 Å². The number of carbonyl (C=O) groups is 1. The van der Waals surface area contributed by atoms with Crippen LogP contribution in [0.2, 0.25) is 0 Å². The molecule has 0 aromatic rings. The maximum Gasteiger partial charge on any atom is 0.220 e. The molecule has 3 N–H and O–H groups in total. The Morgan fingerprint density at radius 1 is 1.33 bits per heavy atom. The zero-order chi connectivity index (χ0) is 13.5. The van der Waals surface area contributed by atoms with Gasteiger partial charge in [-0.25, -0.2) is 0 Å². The monoisotopic (exact) mass is 270 g/mol. The molecule has 0 aromatic carbocycles. The molecule has 1 fully saturated rings. The van der Waals surface area contributed by atoms with Gasteiger partial charge in [0.25, 0.3) is 0 Å². The summed E-state index contributed by atoms with van der Waals surface area (Å²) in [5.74, 6) is 1.08. The predicted molar refractivity (Wildman–Crippen MR) is 79.4 cm³/mol. The molecule has 1 unspecified atom stereocenters. The van der Waals surface area contributed by atoms with Crippen LogP contribution >= 0.6 is 12.2 Å². The van der Waals surface area contributed by atoms with Crippen molar-refractivity contribution in [2.75, 3.05) is 0 Å². The molecule has 1 atom stereocenters. The number of rotatable bonds is 6. The Bertz CT molecular complexity index is 286. The lowest BCUT2D eigenvalue weighted by Gasteiger charge is -2.23. The highest BCUT2D eigenvalue weighted by molar-refractivity contribution is 7.80. The van der Waals surface area contributed by atoms with E-state index in [0.29, 0.717) is 11.4 Å². The third-order valence-electron chi connectivity index (χ3n) is 3.79. The zero-order valence-corrected chi connectivity index (χ0v) is 12.4. The zero-order valence-electron chi connectivity index (χ0n) is 11.6. The Morgan fingerprint density at radius 2 is 1.94 bits per heavy atom. The van der Waals surface area contributed by atoms with E-state index in [1.165, 1.54) is 32.1 Å². The lowest BCUT2D eigenvalue weighted by atomic mass is 9.86. The number of hydrogen-bond donors (Lipinski definition) is 2. The van der Waals surface area contributed by atoms with Crippen LogP contribution < -0.4 is 11.1 Å². The minimum absolute atomic E-state index is 0.0899. The SMILES string of the molecule is CC(C)C(NC(=O)CCC1CCCCC1)C(N)=S. The average molecular weight is 270 g/mol. The first-order chi connectivity index (χ1) is 8.50. The van der Waals surface area contributed by atoms with E-state index in [-0.39, 0.29) is 17.9 Å². The summed E-state index contributed by atoms with van der Waals surface area (Å²) in [6.45, 7) is 4.04. The number of thiocarbonyl (C=S) groups is 1. The van der Waals surface area contributed by atoms with Gasteiger partial charge in [0.1, 0.15) is 0 Å². The van der Waals surface area contributed by atoms with Gasteiger partial charge in [0.05, 0.1) is 11.0 Å². The van der Waals surface area contributed by atoms with Crippen molar-refractivity contribution in [1.29, 1.82) is 0 Å². The molecule has 0 saturated heterocycles. The van der Waals surface area contributed by atoms with Gasteiger partial charge in [-0.1, -0.05) is 58.2 Å². The van der Waals surface area contributed by atoms with Gasteiger partial charge in [-0.05, 0) is 18.3 Å². The smallest absolute Gasteiger partial charge is 0.220 e. The van der Waals surface area contributed by atoms with E-state index in [9.17, 15) is 4.79 Å². The number of nitrogens with two attached hydrogens (primary N) is 1. The fraction of sp³-hybridized carbons (Fsp3) is 0.857. The predicted octanol–water partition coefficient (Wildman–Crippen LogP) is 2.77. The average Bonchev–Trinajstić information content (AvgIpc) is 2.34. The summed E-state index contributed by atoms with van der Waals surface area (Å²) >= 11 is 4.98. The van der Waals surface area contributed by atoms with Crippen LogP contribution in [0.25, 0.3) is 0 Å². The Kier molecular flexibility index (Phi) is 6.61. The summed E-state index contributed by atoms with van der Waals surface area (Å²) in [6.07, 6.45) is 8.21. The summed E-state index contributed by atoms with van der Waals surface area (Å²) in [7, 11) is 0. The van der Waals surface area contributed by atoms with Crippen LogP contribution in [0.1, 0.15) is 58.8 Å². The van der Waals surface area contributed by atoms with E-state index >= 15 is 0 Å². The Morgan fingerprint density at radius 3 is 2.44 bits per heavy atom. The largest absolute Gasteiger partial charge is 0.392 e. The van der Waals surface area contributed by atoms with Gasteiger partial charge >= 0.3 is 0 Å². The molecule has 1 amide bonds. The van der Waals surface area contributed by atoms with Crippen LogP contribution in [-0.2, 0) is 4.79 Å². The first kappa shape index (κ1) is 15.4. The van der Waals surface area contributed by atoms with Gasteiger partial charge in [-0.15, -0.1) is 0 Å². The molecule has 4 heteroatoms. The minimum Gasteiger partial charge on any atom is -0.392 e. The molecule has 0 bridgehead atoms. The maximum absolute atomic E-state index is 11.9. The van der Waals surface area contributed by atoms with Gasteiger partial charge in [0, 0.05) is 6.42 Å². The molecule has 1 aliphatic rings. The van der Waals surface area contributed by atoms with Crippen LogP contribution in [0.5, 0.6) is 0 Å². The number of hydrogen-bond acceptors (Lipinski definition) is 2. The molecule has 0 aliphatic heterocycles. The fourth-order valence-electron chi connectivity index (χ4n) is 2.62. The van der Waals surface area contributed by atoms with Crippen molar-refractivity contribution in [3.8, 4) is 0 Å². The first-order valence-electron chi connectivity index (χ1n) is 7.09. The second kappa shape index (κ2) is 7.72. The first-order valence-corrected chi connectivity index (χ1v) is 7.50. The molecule has 0 aromatic heterocycles. The van der Waals surface area contributed by atoms with Crippen molar-refractivity contribution in [3.05, 3.63) is 0 Å². The van der Waals surface area contributed by atoms with Crippen molar-refractivity contribution in [2.24, 2.45) is 17.6 Å². The molecule has 0 heterocycles. The third kappa shape index (κ3) is 5.34. The molecule has 3 nitrogen and oxygen atoms in total. The van der Waals surface area contributed by atoms with Crippen LogP contribution in [0, 0.1) is 11.8 Å². The molecule has 1 aliphatic carbocycles. The minimum atomic E-state index is -0.168. The second-order valence-electron chi connectivity index (χ2n) is 5.73. The molecule has 1 saturated carbocycles. The highest BCUT2D eigenvalue weighted by atomic mass is 32.1. The molecule has 0 spiro atoms. The summed E-state index contributed by atoms with van der Waals surface area (Å²) in [4.78, 5) is 12.3. The summed E-state index contributed by atoms with van der Waals surface area (Å²) in [6, 6.07) is -0.168. The standard InChI is InChI=1S/C14H26N2OS/c1-10(2)13(14(15)18)16-12(17)9-8-11-6-4-3-5-7-11/h10-11,13H,3-9H2,1-2H3,(H2,15,18)(H,16,17). The van der Waals surface area contributed by atoms with Crippen molar-refractivity contribution >= 4 is 23.1 Å². The Balaban J connectivity index is 2.29. The highest BCUT2D eigenvalue weighted by Crippen LogP contribution is 2.27. The lowest BCUT2D eigenvalue weighted by molar-refractivity contribution is -0.122. The van der Waals surface area contributed by atoms with E-state index in [1.54, 1.807) is 0 Å². The summed E-state index contributed by atoms with van der Waals surface area (Å²) < 4.78 is 0. The van der Waals surface area contributed by atoms with E-state index in [0.717, 1.165) is 12.3 Å². The van der Waals surface area contributed by atoms with Gasteiger partial charge in [0.15, 0.2) is 0 Å². The topological polar surface area (TPSA) is 55.1 Å². The fourth-order valence-corrected chi connectivity index (χ4v) is 2.95. The lowest BCUT2D eigenvalue weighted by Crippen LogP contribution is -2.46. The number of amides is 1. The summed E-state index contributed by atoms with van der Waals surface area (Å²) in [5.41, 5.74) is 5.64. The van der Waals surface area contributed by atoms with Crippen molar-refractivity contribution in [1.82, 2.24) is 5.32 Å².